The zero-order valence-corrected chi connectivity index (χ0v) is 10.6. The van der Waals surface area contributed by atoms with Gasteiger partial charge in [-0.1, -0.05) is 11.6 Å². The van der Waals surface area contributed by atoms with Gasteiger partial charge in [0.2, 0.25) is 0 Å². The molecule has 6 heteroatoms. The Morgan fingerprint density at radius 1 is 1.56 bits per heavy atom. The van der Waals surface area contributed by atoms with Crippen molar-refractivity contribution in [2.75, 3.05) is 20.2 Å². The van der Waals surface area contributed by atoms with E-state index in [1.54, 1.807) is 7.11 Å². The van der Waals surface area contributed by atoms with Crippen molar-refractivity contribution in [2.24, 2.45) is 0 Å². The van der Waals surface area contributed by atoms with E-state index in [1.807, 2.05) is 0 Å². The first kappa shape index (κ1) is 13.3. The lowest BCUT2D eigenvalue weighted by molar-refractivity contribution is 0.0777. The first-order valence-corrected chi connectivity index (χ1v) is 5.99. The van der Waals surface area contributed by atoms with Crippen LogP contribution in [0.5, 0.6) is 0 Å². The van der Waals surface area contributed by atoms with Crippen molar-refractivity contribution in [3.8, 4) is 0 Å². The second-order valence-corrected chi connectivity index (χ2v) is 4.57. The number of benzene rings is 1. The van der Waals surface area contributed by atoms with Gasteiger partial charge in [0, 0.05) is 25.2 Å². The lowest BCUT2D eigenvalue weighted by Gasteiger charge is -2.18. The van der Waals surface area contributed by atoms with Gasteiger partial charge in [0.15, 0.2) is 0 Å². The molecule has 0 bridgehead atoms. The van der Waals surface area contributed by atoms with Crippen LogP contribution in [0.2, 0.25) is 5.02 Å². The molecule has 4 nitrogen and oxygen atoms in total. The molecular weight excluding hydrogens is 259 g/mol. The lowest BCUT2D eigenvalue weighted by atomic mass is 10.1. The molecular formula is C12H14ClFN2O2. The van der Waals surface area contributed by atoms with Crippen molar-refractivity contribution >= 4 is 17.5 Å². The molecule has 1 heterocycles. The van der Waals surface area contributed by atoms with Crippen LogP contribution in [0.1, 0.15) is 10.4 Å². The Morgan fingerprint density at radius 2 is 2.33 bits per heavy atom. The summed E-state index contributed by atoms with van der Waals surface area (Å²) in [6, 6.07) is 3.73. The second-order valence-electron chi connectivity index (χ2n) is 4.14. The molecule has 0 aromatic heterocycles. The highest BCUT2D eigenvalue weighted by atomic mass is 35.5. The van der Waals surface area contributed by atoms with Crippen LogP contribution in [-0.2, 0) is 4.74 Å². The van der Waals surface area contributed by atoms with Crippen LogP contribution >= 0.6 is 11.6 Å². The smallest absolute Gasteiger partial charge is 0.254 e. The standard InChI is InChI=1S/C12H14ClFN2O2/c1-18-11-6-15-5-10(11)16-12(17)8-4-7(13)2-3-9(8)14/h2-4,10-11,15H,5-6H2,1H3,(H,16,17)/t10?,11-/m0/s1. The van der Waals surface area contributed by atoms with E-state index >= 15 is 0 Å². The molecule has 0 radical (unpaired) electrons. The van der Waals surface area contributed by atoms with E-state index in [-0.39, 0.29) is 17.7 Å². The number of carbonyl (C=O) groups excluding carboxylic acids is 1. The molecule has 1 aliphatic rings. The van der Waals surface area contributed by atoms with Gasteiger partial charge in [-0.25, -0.2) is 4.39 Å². The Morgan fingerprint density at radius 3 is 3.06 bits per heavy atom. The number of ether oxygens (including phenoxy) is 1. The maximum atomic E-state index is 13.5. The Bertz CT molecular complexity index is 456. The molecule has 0 saturated carbocycles. The van der Waals surface area contributed by atoms with Gasteiger partial charge in [0.05, 0.1) is 17.7 Å². The number of nitrogens with one attached hydrogen (secondary N) is 2. The molecule has 1 unspecified atom stereocenters. The number of carbonyl (C=O) groups is 1. The van der Waals surface area contributed by atoms with Gasteiger partial charge in [-0.2, -0.15) is 0 Å². The highest BCUT2D eigenvalue weighted by Gasteiger charge is 2.29. The monoisotopic (exact) mass is 272 g/mol. The fourth-order valence-corrected chi connectivity index (χ4v) is 2.14. The molecule has 0 spiro atoms. The number of methoxy groups -OCH3 is 1. The maximum absolute atomic E-state index is 13.5. The highest BCUT2D eigenvalue weighted by Crippen LogP contribution is 2.15. The third-order valence-electron chi connectivity index (χ3n) is 2.95. The molecule has 1 saturated heterocycles. The molecule has 18 heavy (non-hydrogen) atoms. The quantitative estimate of drug-likeness (QED) is 0.869. The second kappa shape index (κ2) is 5.65. The van der Waals surface area contributed by atoms with Gasteiger partial charge in [0.1, 0.15) is 5.82 Å². The van der Waals surface area contributed by atoms with Gasteiger partial charge >= 0.3 is 0 Å². The Balaban J connectivity index is 2.09. The van der Waals surface area contributed by atoms with Crippen molar-refractivity contribution < 1.29 is 13.9 Å². The Hall–Kier alpha value is -1.17. The van der Waals surface area contributed by atoms with E-state index in [9.17, 15) is 9.18 Å². The van der Waals surface area contributed by atoms with Crippen LogP contribution in [0, 0.1) is 5.82 Å². The van der Waals surface area contributed by atoms with Crippen LogP contribution in [0.25, 0.3) is 0 Å². The summed E-state index contributed by atoms with van der Waals surface area (Å²) >= 11 is 5.75. The molecule has 1 aromatic rings. The predicted molar refractivity (Wildman–Crippen MR) is 66.3 cm³/mol. The summed E-state index contributed by atoms with van der Waals surface area (Å²) in [5.74, 6) is -1.07. The number of halogens is 2. The number of amides is 1. The third-order valence-corrected chi connectivity index (χ3v) is 3.19. The van der Waals surface area contributed by atoms with E-state index in [0.29, 0.717) is 18.1 Å². The van der Waals surface area contributed by atoms with Gasteiger partial charge < -0.3 is 15.4 Å². The van der Waals surface area contributed by atoms with Gasteiger partial charge in [-0.05, 0) is 18.2 Å². The molecule has 1 aliphatic heterocycles. The lowest BCUT2D eigenvalue weighted by Crippen LogP contribution is -2.43. The first-order valence-electron chi connectivity index (χ1n) is 5.61. The van der Waals surface area contributed by atoms with E-state index in [1.165, 1.54) is 18.2 Å². The topological polar surface area (TPSA) is 50.4 Å². The van der Waals surface area contributed by atoms with E-state index in [2.05, 4.69) is 10.6 Å². The van der Waals surface area contributed by atoms with Crippen molar-refractivity contribution in [3.63, 3.8) is 0 Å². The fraction of sp³-hybridized carbons (Fsp3) is 0.417. The third kappa shape index (κ3) is 2.80. The minimum Gasteiger partial charge on any atom is -0.378 e. The van der Waals surface area contributed by atoms with Crippen LogP contribution in [-0.4, -0.2) is 38.3 Å². The minimum absolute atomic E-state index is 0.0516. The molecule has 1 fully saturated rings. The average molecular weight is 273 g/mol. The van der Waals surface area contributed by atoms with E-state index in [4.69, 9.17) is 16.3 Å². The van der Waals surface area contributed by atoms with E-state index in [0.717, 1.165) is 0 Å². The molecule has 2 N–H and O–H groups in total. The Labute approximate surface area is 109 Å². The molecule has 2 rings (SSSR count). The maximum Gasteiger partial charge on any atom is 0.254 e. The van der Waals surface area contributed by atoms with Crippen molar-refractivity contribution in [3.05, 3.63) is 34.6 Å². The number of hydrogen-bond donors (Lipinski definition) is 2. The Kier molecular flexibility index (Phi) is 4.16. The summed E-state index contributed by atoms with van der Waals surface area (Å²) in [7, 11) is 1.58. The van der Waals surface area contributed by atoms with Crippen LogP contribution < -0.4 is 10.6 Å². The summed E-state index contributed by atoms with van der Waals surface area (Å²) < 4.78 is 18.7. The average Bonchev–Trinajstić information content (AvgIpc) is 2.79. The molecule has 1 aromatic carbocycles. The summed E-state index contributed by atoms with van der Waals surface area (Å²) in [6.07, 6.45) is -0.101. The van der Waals surface area contributed by atoms with Crippen molar-refractivity contribution in [1.29, 1.82) is 0 Å². The van der Waals surface area contributed by atoms with Gasteiger partial charge in [0.25, 0.3) is 5.91 Å². The SMILES string of the molecule is CO[C@H]1CNCC1NC(=O)c1cc(Cl)ccc1F. The van der Waals surface area contributed by atoms with Crippen molar-refractivity contribution in [1.82, 2.24) is 10.6 Å². The zero-order chi connectivity index (χ0) is 13.1. The van der Waals surface area contributed by atoms with Crippen LogP contribution in [0.15, 0.2) is 18.2 Å². The number of hydrogen-bond acceptors (Lipinski definition) is 3. The molecule has 1 amide bonds. The van der Waals surface area contributed by atoms with Gasteiger partial charge in [-0.15, -0.1) is 0 Å². The van der Waals surface area contributed by atoms with Crippen LogP contribution in [0.3, 0.4) is 0 Å². The normalized spacial score (nSPS) is 23.1. The molecule has 2 atom stereocenters. The first-order chi connectivity index (χ1) is 8.61. The molecule has 98 valence electrons. The zero-order valence-electron chi connectivity index (χ0n) is 9.87. The van der Waals surface area contributed by atoms with Crippen molar-refractivity contribution in [2.45, 2.75) is 12.1 Å². The fourth-order valence-electron chi connectivity index (χ4n) is 1.96. The molecule has 0 aliphatic carbocycles. The summed E-state index contributed by atoms with van der Waals surface area (Å²) in [5, 5.41) is 6.16. The summed E-state index contributed by atoms with van der Waals surface area (Å²) in [6.45, 7) is 1.27. The van der Waals surface area contributed by atoms with Gasteiger partial charge in [-0.3, -0.25) is 4.79 Å². The highest BCUT2D eigenvalue weighted by molar-refractivity contribution is 6.31. The minimum atomic E-state index is -0.586. The predicted octanol–water partition coefficient (Wildman–Crippen LogP) is 1.20. The summed E-state index contributed by atoms with van der Waals surface area (Å²) in [4.78, 5) is 11.9. The van der Waals surface area contributed by atoms with Crippen LogP contribution in [0.4, 0.5) is 4.39 Å². The van der Waals surface area contributed by atoms with E-state index < -0.39 is 11.7 Å². The number of rotatable bonds is 3. The summed E-state index contributed by atoms with van der Waals surface area (Å²) in [5.41, 5.74) is -0.0516. The largest absolute Gasteiger partial charge is 0.378 e.